The molecular formula is C98H155ClN2O21Si. The minimum absolute atomic E-state index is 0.00408. The van der Waals surface area contributed by atoms with E-state index in [1.165, 1.54) is 0 Å². The molecule has 7 rings (SSSR count). The Hall–Kier alpha value is -6.77. The Balaban J connectivity index is 0.000000455. The number of cyclic esters (lactones) is 1. The molecule has 694 valence electrons. The molecule has 0 aromatic rings. The van der Waals surface area contributed by atoms with Gasteiger partial charge in [0.25, 0.3) is 0 Å². The number of nitrogens with one attached hydrogen (secondary N) is 2. The smallest absolute Gasteiger partial charge is 0.312 e. The molecule has 5 heterocycles. The Bertz CT molecular complexity index is 3580. The number of methoxy groups -OCH3 is 3. The maximum atomic E-state index is 13.4. The van der Waals surface area contributed by atoms with Crippen LogP contribution < -0.4 is 10.6 Å². The number of amides is 4. The molecule has 25 heteroatoms. The number of piperidine rings is 2. The molecule has 0 aromatic heterocycles. The standard InChI is InChI=1S/C35H59NO7Si.C29H44O6.C27H41NO7.C7H11ClO/c1-12-14-15-16-20-32(40)42-33(26(5)28(37)19-17-18-27-22-30(38)36-31(39)23-27)24(3)21-25(4)34(29(13-2)41-9)43-44(10,11)35(6,7)8;1-19-15-20(2)29(35-28(33)14-9-7-6-8-13-27(34-5)21(19)3)22(4)26(32)12-10-11-23-16-24(30)18-25(31)17-23;1-16-13-17(2)25-18(3)27(33,12-8-9-19-14-22(29)28-23(30)15-19)20(26(32)35-25)10-6-5-7-11-21(34-4)24(16)31;1-2-3-4-5-6-7(8)9/h12-13,21,25-27,29,33-34H,1-2,14-20,22-23H2,3-11H3,(H,36,38,39);8,13,15,19,21-23,27,29H,6-7,9-12,14,16-18H2,1-5H3;7,11,13,16,18-21,24-25,31,33H,5-6,8-10,12,14-15H2,1-4H3,(H,28,29,30);2H,1,3-6H2/b24-21-;13-8+,20-15-;11-7+,17-13-;/t25-,26-,29+,33?,34+;19-,21+,22-,27+,29?;16-,18+,20?,21+,24+,25?,27?;/m111./s1. The number of hydrogen-bond acceptors (Lipinski definition) is 21. The lowest BCUT2D eigenvalue weighted by Crippen LogP contribution is -2.58. The van der Waals surface area contributed by atoms with E-state index in [2.05, 4.69) is 103 Å². The van der Waals surface area contributed by atoms with Gasteiger partial charge in [0.2, 0.25) is 28.9 Å². The number of allylic oxidation sites excluding steroid dienone is 5. The number of ether oxygens (including phenoxy) is 6. The van der Waals surface area contributed by atoms with Gasteiger partial charge in [-0.2, -0.15) is 0 Å². The monoisotopic (exact) mass is 1760 g/mol. The number of fused-ring (bicyclic) bond motifs is 9. The van der Waals surface area contributed by atoms with Gasteiger partial charge in [0.15, 0.2) is 8.32 Å². The fourth-order valence-corrected chi connectivity index (χ4v) is 18.6. The lowest BCUT2D eigenvalue weighted by atomic mass is 9.67. The number of ketones is 4. The van der Waals surface area contributed by atoms with Crippen molar-refractivity contribution in [1.29, 1.82) is 0 Å². The first-order chi connectivity index (χ1) is 57.9. The summed E-state index contributed by atoms with van der Waals surface area (Å²) < 4.78 is 41.6. The molecule has 17 atom stereocenters. The van der Waals surface area contributed by atoms with E-state index in [1.54, 1.807) is 27.4 Å². The number of hydrogen-bond donors (Lipinski definition) is 4. The minimum Gasteiger partial charge on any atom is -0.457 e. The lowest BCUT2D eigenvalue weighted by molar-refractivity contribution is -0.199. The zero-order valence-electron chi connectivity index (χ0n) is 77.8. The Kier molecular flexibility index (Phi) is 50.7. The predicted molar refractivity (Wildman–Crippen MR) is 484 cm³/mol. The lowest BCUT2D eigenvalue weighted by Gasteiger charge is -2.48. The number of esters is 3. The largest absolute Gasteiger partial charge is 0.457 e. The van der Waals surface area contributed by atoms with Gasteiger partial charge >= 0.3 is 17.9 Å². The summed E-state index contributed by atoms with van der Waals surface area (Å²) in [6.45, 7) is 41.7. The van der Waals surface area contributed by atoms with Gasteiger partial charge in [-0.3, -0.25) is 68.2 Å². The third kappa shape index (κ3) is 38.8. The number of unbranched alkanes of at least 4 members (excludes halogenated alkanes) is 4. The number of carbonyl (C=O) groups is 12. The molecule has 2 bridgehead atoms. The highest BCUT2D eigenvalue weighted by atomic mass is 35.5. The molecule has 3 saturated heterocycles. The third-order valence-electron chi connectivity index (χ3n) is 25.8. The van der Waals surface area contributed by atoms with Gasteiger partial charge in [0, 0.05) is 110 Å². The van der Waals surface area contributed by atoms with Crippen LogP contribution in [0.4, 0.5) is 0 Å². The maximum absolute atomic E-state index is 13.4. The molecule has 5 unspecified atom stereocenters. The molecule has 4 amide bonds. The van der Waals surface area contributed by atoms with Crippen LogP contribution in [-0.2, 0) is 90.4 Å². The molecule has 5 aliphatic heterocycles. The Morgan fingerprint density at radius 2 is 1.18 bits per heavy atom. The zero-order valence-corrected chi connectivity index (χ0v) is 79.6. The number of carbonyl (C=O) groups excluding carboxylic acids is 12. The summed E-state index contributed by atoms with van der Waals surface area (Å²) in [6.07, 6.45) is 33.4. The first-order valence-electron chi connectivity index (χ1n) is 45.3. The van der Waals surface area contributed by atoms with E-state index < -0.39 is 62.2 Å². The molecule has 0 radical (unpaired) electrons. The van der Waals surface area contributed by atoms with E-state index in [-0.39, 0.29) is 160 Å². The van der Waals surface area contributed by atoms with Gasteiger partial charge < -0.3 is 43.1 Å². The molecule has 123 heavy (non-hydrogen) atoms. The molecule has 1 saturated carbocycles. The van der Waals surface area contributed by atoms with Gasteiger partial charge in [0.1, 0.15) is 53.7 Å². The van der Waals surface area contributed by atoms with Crippen LogP contribution in [0.3, 0.4) is 0 Å². The summed E-state index contributed by atoms with van der Waals surface area (Å²) in [5.41, 5.74) is 1.20. The van der Waals surface area contributed by atoms with E-state index >= 15 is 0 Å². The molecule has 4 fully saturated rings. The summed E-state index contributed by atoms with van der Waals surface area (Å²) in [7, 11) is 2.76. The van der Waals surface area contributed by atoms with E-state index in [1.807, 2.05) is 84.9 Å². The molecule has 4 N–H and O–H groups in total. The molecule has 0 spiro atoms. The fourth-order valence-electron chi connectivity index (χ4n) is 17.1. The number of aliphatic hydroxyl groups is 2. The van der Waals surface area contributed by atoms with Crippen LogP contribution in [-0.4, -0.2) is 164 Å². The number of imide groups is 2. The van der Waals surface area contributed by atoms with Crippen molar-refractivity contribution in [1.82, 2.24) is 10.6 Å². The Morgan fingerprint density at radius 1 is 0.667 bits per heavy atom. The minimum atomic E-state index is -2.18. The van der Waals surface area contributed by atoms with Gasteiger partial charge in [-0.1, -0.05) is 136 Å². The first-order valence-corrected chi connectivity index (χ1v) is 48.6. The van der Waals surface area contributed by atoms with Crippen LogP contribution in [0.25, 0.3) is 0 Å². The van der Waals surface area contributed by atoms with Gasteiger partial charge in [0.05, 0.1) is 48.1 Å². The second kappa shape index (κ2) is 56.4. The third-order valence-corrected chi connectivity index (χ3v) is 30.5. The van der Waals surface area contributed by atoms with Crippen LogP contribution in [0.5, 0.6) is 0 Å². The van der Waals surface area contributed by atoms with Crippen molar-refractivity contribution >= 4 is 89.8 Å². The van der Waals surface area contributed by atoms with Crippen molar-refractivity contribution in [3.8, 4) is 0 Å². The Labute approximate surface area is 742 Å². The predicted octanol–water partition coefficient (Wildman–Crippen LogP) is 18.1. The van der Waals surface area contributed by atoms with Crippen molar-refractivity contribution in [2.45, 2.75) is 362 Å². The molecular weight excluding hydrogens is 1600 g/mol. The summed E-state index contributed by atoms with van der Waals surface area (Å²) in [5, 5.41) is 27.2. The Morgan fingerprint density at radius 3 is 1.70 bits per heavy atom. The highest BCUT2D eigenvalue weighted by Crippen LogP contribution is 2.46. The number of Topliss-reactive ketones (excluding diaryl/α,β-unsaturated/α-hetero) is 4. The SMILES string of the molecule is C=CCCCCC(=O)Cl.C=CCCCCC(=O)OC(/C(C)=C\[C@@H](C)[C@H](O[Si](C)(C)C(C)(C)C)[C@H](C=C)OC)[C@H](C)C(=O)CCCC1CC(=O)NC(=O)C1.CO[C@H]1/C=C/CCCC2C(=O)OC(/C(C)=C\[C@@H](C)[C@@H]1O)[C@H](C)C2(O)CCCC1CC(=O)NC(=O)C1.CO[C@H]1/C=C/CCCCC(=O)OC([C@H](C)C(=O)CCCC2CC(=O)CC(=O)C2)/C(C)=C\[C@@H](C)[C@@H]1C. The first kappa shape index (κ1) is 110. The molecule has 2 aliphatic carbocycles. The number of rotatable bonds is 37. The van der Waals surface area contributed by atoms with Crippen molar-refractivity contribution in [2.24, 2.45) is 65.1 Å². The van der Waals surface area contributed by atoms with Crippen LogP contribution >= 0.6 is 11.6 Å². The number of halogens is 1. The molecule has 0 aromatic carbocycles. The highest BCUT2D eigenvalue weighted by molar-refractivity contribution is 6.74. The normalized spacial score (nSPS) is 27.5. The van der Waals surface area contributed by atoms with Crippen LogP contribution in [0.1, 0.15) is 289 Å². The second-order valence-corrected chi connectivity index (χ2v) is 42.2. The van der Waals surface area contributed by atoms with E-state index in [0.29, 0.717) is 128 Å². The maximum Gasteiger partial charge on any atom is 0.312 e. The fraction of sp³-hybridized carbons (Fsp3) is 0.714. The zero-order chi connectivity index (χ0) is 92.5. The second-order valence-electron chi connectivity index (χ2n) is 37.0. The van der Waals surface area contributed by atoms with Crippen molar-refractivity contribution in [3.63, 3.8) is 0 Å². The molecule has 23 nitrogen and oxygen atoms in total. The van der Waals surface area contributed by atoms with Crippen LogP contribution in [0.15, 0.2) is 97.2 Å². The number of aliphatic hydroxyl groups excluding tert-OH is 1. The van der Waals surface area contributed by atoms with Crippen molar-refractivity contribution in [3.05, 3.63) is 97.2 Å². The summed E-state index contributed by atoms with van der Waals surface area (Å²) in [4.78, 5) is 146. The van der Waals surface area contributed by atoms with E-state index in [9.17, 15) is 67.7 Å². The summed E-state index contributed by atoms with van der Waals surface area (Å²) >= 11 is 5.09. The summed E-state index contributed by atoms with van der Waals surface area (Å²) in [6, 6.07) is 0. The topological polar surface area (TPSA) is 334 Å². The van der Waals surface area contributed by atoms with Gasteiger partial charge in [-0.25, -0.2) is 0 Å². The molecule has 7 aliphatic rings. The van der Waals surface area contributed by atoms with Gasteiger partial charge in [-0.15, -0.1) is 19.7 Å². The highest BCUT2D eigenvalue weighted by Gasteiger charge is 2.54. The van der Waals surface area contributed by atoms with Crippen LogP contribution in [0, 0.1) is 65.1 Å². The van der Waals surface area contributed by atoms with Gasteiger partial charge in [-0.05, 0) is 212 Å². The van der Waals surface area contributed by atoms with Crippen molar-refractivity contribution in [2.75, 3.05) is 21.3 Å². The van der Waals surface area contributed by atoms with Crippen LogP contribution in [0.2, 0.25) is 18.1 Å². The average molecular weight is 1760 g/mol. The van der Waals surface area contributed by atoms with E-state index in [4.69, 9.17) is 44.4 Å². The van der Waals surface area contributed by atoms with Crippen molar-refractivity contribution < 1.29 is 101 Å². The average Bonchev–Trinajstić information content (AvgIpc) is 0.757. The summed E-state index contributed by atoms with van der Waals surface area (Å²) in [5.74, 6) is -4.02. The quantitative estimate of drug-likeness (QED) is 0.00656. The van der Waals surface area contributed by atoms with E-state index in [0.717, 1.165) is 68.1 Å².